The van der Waals surface area contributed by atoms with Crippen molar-refractivity contribution < 1.29 is 14.3 Å². The Hall–Kier alpha value is -1.14. The van der Waals surface area contributed by atoms with Crippen LogP contribution in [0.25, 0.3) is 0 Å². The fourth-order valence-corrected chi connectivity index (χ4v) is 2.63. The predicted octanol–water partition coefficient (Wildman–Crippen LogP) is 0.0539. The first-order valence-corrected chi connectivity index (χ1v) is 6.44. The van der Waals surface area contributed by atoms with Gasteiger partial charge in [0.2, 0.25) is 0 Å². The maximum atomic E-state index is 11.9. The second-order valence-electron chi connectivity index (χ2n) is 4.83. The highest BCUT2D eigenvalue weighted by molar-refractivity contribution is 6.06. The third kappa shape index (κ3) is 2.22. The summed E-state index contributed by atoms with van der Waals surface area (Å²) in [6, 6.07) is -0.400. The number of carbonyl (C=O) groups is 2. The molecule has 0 aromatic heterocycles. The van der Waals surface area contributed by atoms with Gasteiger partial charge in [0, 0.05) is 33.3 Å². The lowest BCUT2D eigenvalue weighted by Crippen LogP contribution is -2.55. The molecule has 0 N–H and O–H groups in total. The molecule has 2 saturated heterocycles. The largest absolute Gasteiger partial charge is 0.380 e. The number of carbonyl (C=O) groups excluding carboxylic acids is 2. The average Bonchev–Trinajstić information content (AvgIpc) is 2.57. The summed E-state index contributed by atoms with van der Waals surface area (Å²) in [5.74, 6) is -0.264. The molecule has 3 amide bonds. The van der Waals surface area contributed by atoms with E-state index in [1.165, 1.54) is 4.90 Å². The van der Waals surface area contributed by atoms with E-state index in [4.69, 9.17) is 4.74 Å². The normalized spacial score (nSPS) is 23.8. The van der Waals surface area contributed by atoms with E-state index in [1.807, 2.05) is 6.92 Å². The van der Waals surface area contributed by atoms with Crippen LogP contribution in [0.3, 0.4) is 0 Å². The van der Waals surface area contributed by atoms with Crippen LogP contribution in [0.1, 0.15) is 19.8 Å². The Labute approximate surface area is 107 Å². The van der Waals surface area contributed by atoms with Crippen molar-refractivity contribution in [2.45, 2.75) is 25.3 Å². The lowest BCUT2D eigenvalue weighted by molar-refractivity contribution is -0.128. The number of piperidine rings is 1. The van der Waals surface area contributed by atoms with E-state index in [9.17, 15) is 9.59 Å². The van der Waals surface area contributed by atoms with Crippen LogP contribution >= 0.6 is 0 Å². The molecule has 6 nitrogen and oxygen atoms in total. The van der Waals surface area contributed by atoms with E-state index in [1.54, 1.807) is 7.05 Å². The molecule has 1 spiro atoms. The molecule has 0 bridgehead atoms. The van der Waals surface area contributed by atoms with Gasteiger partial charge in [0.05, 0.1) is 6.61 Å². The molecule has 2 heterocycles. The third-order valence-corrected chi connectivity index (χ3v) is 3.96. The van der Waals surface area contributed by atoms with Crippen LogP contribution in [0, 0.1) is 0 Å². The minimum absolute atomic E-state index is 0.264. The van der Waals surface area contributed by atoms with Crippen LogP contribution in [0.5, 0.6) is 0 Å². The number of hydrogen-bond acceptors (Lipinski definition) is 4. The predicted molar refractivity (Wildman–Crippen MR) is 65.2 cm³/mol. The van der Waals surface area contributed by atoms with Crippen molar-refractivity contribution in [2.75, 3.05) is 39.9 Å². The van der Waals surface area contributed by atoms with Crippen molar-refractivity contribution in [1.82, 2.24) is 15.1 Å². The molecule has 0 unspecified atom stereocenters. The van der Waals surface area contributed by atoms with Crippen LogP contribution in [0.15, 0.2) is 0 Å². The maximum Gasteiger partial charge on any atom is 0.347 e. The number of hydrogen-bond donors (Lipinski definition) is 0. The highest BCUT2D eigenvalue weighted by Gasteiger charge is 2.53. The molecule has 1 radical (unpaired) electrons. The lowest BCUT2D eigenvalue weighted by atomic mass is 9.86. The molecule has 0 aromatic carbocycles. The van der Waals surface area contributed by atoms with Gasteiger partial charge in [0.15, 0.2) is 0 Å². The fraction of sp³-hybridized carbons (Fsp3) is 0.833. The Balaban J connectivity index is 1.89. The number of ether oxygens (including phenoxy) is 1. The first-order chi connectivity index (χ1) is 8.60. The quantitative estimate of drug-likeness (QED) is 0.525. The van der Waals surface area contributed by atoms with Crippen molar-refractivity contribution >= 4 is 11.9 Å². The summed E-state index contributed by atoms with van der Waals surface area (Å²) in [5.41, 5.74) is -0.667. The van der Waals surface area contributed by atoms with Crippen molar-refractivity contribution in [2.24, 2.45) is 0 Å². The van der Waals surface area contributed by atoms with Gasteiger partial charge in [0.1, 0.15) is 5.54 Å². The fourth-order valence-electron chi connectivity index (χ4n) is 2.63. The average molecular weight is 254 g/mol. The Kier molecular flexibility index (Phi) is 3.87. The molecular formula is C12H20N3O3. The molecule has 2 fully saturated rings. The van der Waals surface area contributed by atoms with Gasteiger partial charge in [-0.1, -0.05) is 0 Å². The van der Waals surface area contributed by atoms with Gasteiger partial charge in [-0.05, 0) is 19.8 Å². The molecule has 2 aliphatic heterocycles. The summed E-state index contributed by atoms with van der Waals surface area (Å²) >= 11 is 0. The zero-order chi connectivity index (χ0) is 13.2. The summed E-state index contributed by atoms with van der Waals surface area (Å²) in [5, 5.41) is 3.55. The first-order valence-electron chi connectivity index (χ1n) is 6.44. The number of nitrogens with zero attached hydrogens (tertiary/aromatic N) is 3. The highest BCUT2D eigenvalue weighted by Crippen LogP contribution is 2.32. The Morgan fingerprint density at radius 1 is 1.33 bits per heavy atom. The second kappa shape index (κ2) is 5.24. The minimum atomic E-state index is -0.667. The van der Waals surface area contributed by atoms with Gasteiger partial charge < -0.3 is 14.5 Å². The zero-order valence-corrected chi connectivity index (χ0v) is 11.0. The number of amides is 3. The smallest absolute Gasteiger partial charge is 0.347 e. The van der Waals surface area contributed by atoms with E-state index in [-0.39, 0.29) is 5.91 Å². The third-order valence-electron chi connectivity index (χ3n) is 3.96. The molecule has 2 rings (SSSR count). The van der Waals surface area contributed by atoms with Crippen LogP contribution in [0.4, 0.5) is 4.79 Å². The summed E-state index contributed by atoms with van der Waals surface area (Å²) < 4.78 is 5.32. The van der Waals surface area contributed by atoms with E-state index >= 15 is 0 Å². The van der Waals surface area contributed by atoms with Gasteiger partial charge in [0.25, 0.3) is 5.91 Å². The van der Waals surface area contributed by atoms with Crippen LogP contribution in [-0.4, -0.2) is 67.2 Å². The number of imide groups is 1. The second-order valence-corrected chi connectivity index (χ2v) is 4.83. The highest BCUT2D eigenvalue weighted by atomic mass is 16.5. The molecule has 0 atom stereocenters. The topological polar surface area (TPSA) is 64.0 Å². The Morgan fingerprint density at radius 2 is 2.00 bits per heavy atom. The monoisotopic (exact) mass is 254 g/mol. The van der Waals surface area contributed by atoms with Gasteiger partial charge in [-0.15, -0.1) is 0 Å². The van der Waals surface area contributed by atoms with Gasteiger partial charge in [-0.2, -0.15) is 5.32 Å². The SMILES string of the molecule is CCOCCN1CCC2(CC1)C(=O)[N]C(=O)N2C. The first kappa shape index (κ1) is 13.3. The number of likely N-dealkylation sites (tertiary alicyclic amines) is 1. The van der Waals surface area contributed by atoms with E-state index < -0.39 is 11.6 Å². The van der Waals surface area contributed by atoms with Crippen molar-refractivity contribution in [3.63, 3.8) is 0 Å². The summed E-state index contributed by atoms with van der Waals surface area (Å²) in [6.07, 6.45) is 1.34. The molecular weight excluding hydrogens is 234 g/mol. The van der Waals surface area contributed by atoms with Gasteiger partial charge in [-0.3, -0.25) is 4.79 Å². The van der Waals surface area contributed by atoms with Crippen LogP contribution in [-0.2, 0) is 9.53 Å². The van der Waals surface area contributed by atoms with Crippen molar-refractivity contribution in [3.05, 3.63) is 0 Å². The molecule has 0 aromatic rings. The molecule has 0 aliphatic carbocycles. The standard InChI is InChI=1S/C12H20N3O3/c1-3-18-9-8-15-6-4-12(5-7-15)10(16)13-11(17)14(12)2/h3-9H2,1-2H3. The Morgan fingerprint density at radius 3 is 2.50 bits per heavy atom. The summed E-state index contributed by atoms with van der Waals surface area (Å²) in [6.45, 7) is 5.93. The van der Waals surface area contributed by atoms with Crippen molar-refractivity contribution in [3.8, 4) is 0 Å². The minimum Gasteiger partial charge on any atom is -0.380 e. The molecule has 18 heavy (non-hydrogen) atoms. The molecule has 101 valence electrons. The maximum absolute atomic E-state index is 11.9. The van der Waals surface area contributed by atoms with Crippen LogP contribution < -0.4 is 5.32 Å². The van der Waals surface area contributed by atoms with Gasteiger partial charge in [-0.25, -0.2) is 4.79 Å². The van der Waals surface area contributed by atoms with E-state index in [0.29, 0.717) is 12.8 Å². The molecule has 6 heteroatoms. The lowest BCUT2D eigenvalue weighted by Gasteiger charge is -2.40. The summed E-state index contributed by atoms with van der Waals surface area (Å²) in [7, 11) is 1.67. The number of urea groups is 1. The van der Waals surface area contributed by atoms with Crippen LogP contribution in [0.2, 0.25) is 0 Å². The number of likely N-dealkylation sites (N-methyl/N-ethyl adjacent to an activating group) is 1. The zero-order valence-electron chi connectivity index (χ0n) is 11.0. The molecule has 0 saturated carbocycles. The van der Waals surface area contributed by atoms with Crippen molar-refractivity contribution in [1.29, 1.82) is 0 Å². The van der Waals surface area contributed by atoms with Gasteiger partial charge >= 0.3 is 6.03 Å². The summed E-state index contributed by atoms with van der Waals surface area (Å²) in [4.78, 5) is 27.1. The number of rotatable bonds is 4. The molecule has 2 aliphatic rings. The van der Waals surface area contributed by atoms with E-state index in [0.717, 1.165) is 32.8 Å². The van der Waals surface area contributed by atoms with E-state index in [2.05, 4.69) is 10.2 Å². The Bertz CT molecular complexity index is 337.